The zero-order chi connectivity index (χ0) is 47.8. The fourth-order valence-corrected chi connectivity index (χ4v) is 9.42. The van der Waals surface area contributed by atoms with Crippen molar-refractivity contribution in [2.75, 3.05) is 37.2 Å². The van der Waals surface area contributed by atoms with E-state index in [1.54, 1.807) is 36.4 Å². The number of anilines is 2. The lowest BCUT2D eigenvalue weighted by Gasteiger charge is -2.15. The lowest BCUT2D eigenvalue weighted by molar-refractivity contribution is -0.130. The number of hydrogen-bond acceptors (Lipinski definition) is 24. The van der Waals surface area contributed by atoms with Crippen LogP contribution in [0.1, 0.15) is 84.8 Å². The number of rotatable bonds is 19. The topological polar surface area (TPSA) is 294 Å². The standard InChI is InChI=1S/C40H44N14O8S4/c1-39(2,3)29-27(31(41)53(51-29)25-13-21(17-61-19-55)11-23(15-25)33(57)59-7)43-45-35-47-49-37(65-35)63-9-10-64-38-50-48-36(66-38)46-44-28-30(40(4,5)6)52-54(32(28)42)26-14-22(18-62-20-56)12-24(16-26)34(58)60-8/h11-16,19-20H,9-10,17-18,41-42H2,1-8H3. The quantitative estimate of drug-likeness (QED) is 0.0193. The van der Waals surface area contributed by atoms with E-state index in [0.717, 1.165) is 0 Å². The molecule has 0 fully saturated rings. The summed E-state index contributed by atoms with van der Waals surface area (Å²) in [6.45, 7) is 12.2. The van der Waals surface area contributed by atoms with E-state index in [1.165, 1.54) is 69.8 Å². The number of nitrogens with two attached hydrogens (primary N) is 2. The van der Waals surface area contributed by atoms with Crippen LogP contribution >= 0.6 is 46.2 Å². The van der Waals surface area contributed by atoms with Gasteiger partial charge in [0.05, 0.1) is 48.1 Å². The Bertz CT molecular complexity index is 2620. The molecule has 26 heteroatoms. The summed E-state index contributed by atoms with van der Waals surface area (Å²) in [6, 6.07) is 9.63. The van der Waals surface area contributed by atoms with Crippen molar-refractivity contribution in [3.63, 3.8) is 0 Å². The van der Waals surface area contributed by atoms with Crippen LogP contribution in [0.5, 0.6) is 0 Å². The monoisotopic (exact) mass is 976 g/mol. The number of benzene rings is 2. The number of carbonyl (C=O) groups excluding carboxylic acids is 4. The highest BCUT2D eigenvalue weighted by molar-refractivity contribution is 8.04. The van der Waals surface area contributed by atoms with Gasteiger partial charge in [0.15, 0.2) is 31.7 Å². The molecule has 0 bridgehead atoms. The van der Waals surface area contributed by atoms with Crippen LogP contribution in [-0.4, -0.2) is 90.6 Å². The van der Waals surface area contributed by atoms with Crippen molar-refractivity contribution in [1.29, 1.82) is 0 Å². The van der Waals surface area contributed by atoms with Gasteiger partial charge in [-0.05, 0) is 47.5 Å². The maximum absolute atomic E-state index is 12.5. The Hall–Kier alpha value is -6.64. The molecule has 0 aliphatic carbocycles. The zero-order valence-electron chi connectivity index (χ0n) is 36.9. The molecule has 6 aromatic rings. The summed E-state index contributed by atoms with van der Waals surface area (Å²) in [4.78, 5) is 46.7. The molecular formula is C40H44N14O8S4. The average molecular weight is 977 g/mol. The van der Waals surface area contributed by atoms with Gasteiger partial charge < -0.3 is 30.4 Å². The molecule has 0 saturated carbocycles. The number of hydrogen-bond donors (Lipinski definition) is 2. The average Bonchev–Trinajstić information content (AvgIpc) is 4.09. The van der Waals surface area contributed by atoms with Gasteiger partial charge >= 0.3 is 11.9 Å². The van der Waals surface area contributed by atoms with Crippen LogP contribution in [0.4, 0.5) is 33.3 Å². The number of nitrogens with zero attached hydrogens (tertiary/aromatic N) is 12. The molecule has 0 aliphatic heterocycles. The third-order valence-electron chi connectivity index (χ3n) is 8.93. The van der Waals surface area contributed by atoms with E-state index in [4.69, 9.17) is 40.6 Å². The predicted octanol–water partition coefficient (Wildman–Crippen LogP) is 8.15. The van der Waals surface area contributed by atoms with E-state index in [2.05, 4.69) is 40.9 Å². The van der Waals surface area contributed by atoms with E-state index in [1.807, 2.05) is 41.5 Å². The van der Waals surface area contributed by atoms with Gasteiger partial charge in [-0.2, -0.15) is 10.2 Å². The molecule has 346 valence electrons. The van der Waals surface area contributed by atoms with Crippen LogP contribution in [0, 0.1) is 0 Å². The number of carbonyl (C=O) groups is 4. The molecule has 0 amide bonds. The van der Waals surface area contributed by atoms with Crippen molar-refractivity contribution in [3.05, 3.63) is 70.0 Å². The van der Waals surface area contributed by atoms with Crippen LogP contribution in [0.15, 0.2) is 65.5 Å². The molecule has 6 rings (SSSR count). The minimum absolute atomic E-state index is 0.0804. The van der Waals surface area contributed by atoms with Crippen LogP contribution in [0.2, 0.25) is 0 Å². The summed E-state index contributed by atoms with van der Waals surface area (Å²) < 4.78 is 23.9. The fourth-order valence-electron chi connectivity index (χ4n) is 5.98. The first-order valence-electron chi connectivity index (χ1n) is 19.5. The molecule has 4 heterocycles. The molecule has 0 atom stereocenters. The largest absolute Gasteiger partial charge is 0.465 e. The first kappa shape index (κ1) is 48.8. The van der Waals surface area contributed by atoms with Crippen molar-refractivity contribution in [3.8, 4) is 11.4 Å². The van der Waals surface area contributed by atoms with Gasteiger partial charge in [0, 0.05) is 22.3 Å². The van der Waals surface area contributed by atoms with E-state index < -0.39 is 22.8 Å². The van der Waals surface area contributed by atoms with E-state index >= 15 is 0 Å². The van der Waals surface area contributed by atoms with Gasteiger partial charge in [-0.25, -0.2) is 19.0 Å². The number of ether oxygens (including phenoxy) is 4. The Labute approximate surface area is 394 Å². The lowest BCUT2D eigenvalue weighted by Crippen LogP contribution is -2.13. The summed E-state index contributed by atoms with van der Waals surface area (Å²) in [6.07, 6.45) is 0. The minimum atomic E-state index is -0.587. The summed E-state index contributed by atoms with van der Waals surface area (Å²) in [5, 5.41) is 44.6. The van der Waals surface area contributed by atoms with Crippen molar-refractivity contribution < 1.29 is 38.1 Å². The molecule has 0 spiro atoms. The molecule has 2 aromatic carbocycles. The zero-order valence-corrected chi connectivity index (χ0v) is 40.1. The van der Waals surface area contributed by atoms with E-state index in [-0.39, 0.29) is 36.0 Å². The highest BCUT2D eigenvalue weighted by Crippen LogP contribution is 2.41. The summed E-state index contributed by atoms with van der Waals surface area (Å²) >= 11 is 5.50. The molecule has 66 heavy (non-hydrogen) atoms. The molecule has 0 saturated heterocycles. The van der Waals surface area contributed by atoms with E-state index in [0.29, 0.717) is 88.7 Å². The smallest absolute Gasteiger partial charge is 0.337 e. The van der Waals surface area contributed by atoms with E-state index in [9.17, 15) is 19.2 Å². The fraction of sp³-hybridized carbons (Fsp3) is 0.350. The maximum atomic E-state index is 12.5. The lowest BCUT2D eigenvalue weighted by atomic mass is 9.91. The maximum Gasteiger partial charge on any atom is 0.337 e. The van der Waals surface area contributed by atoms with Crippen molar-refractivity contribution in [2.45, 2.75) is 74.3 Å². The Balaban J connectivity index is 1.11. The summed E-state index contributed by atoms with van der Waals surface area (Å²) in [5.74, 6) is 0.482. The molecular weight excluding hydrogens is 933 g/mol. The summed E-state index contributed by atoms with van der Waals surface area (Å²) in [7, 11) is 2.54. The first-order valence-corrected chi connectivity index (χ1v) is 23.1. The van der Waals surface area contributed by atoms with Gasteiger partial charge in [-0.1, -0.05) is 87.7 Å². The Morgan fingerprint density at radius 3 is 1.38 bits per heavy atom. The third kappa shape index (κ3) is 11.8. The van der Waals surface area contributed by atoms with Crippen LogP contribution < -0.4 is 11.5 Å². The Morgan fingerprint density at radius 2 is 1.03 bits per heavy atom. The molecule has 4 aromatic heterocycles. The molecule has 22 nitrogen and oxygen atoms in total. The molecule has 4 N–H and O–H groups in total. The second-order valence-electron chi connectivity index (χ2n) is 15.9. The highest BCUT2D eigenvalue weighted by atomic mass is 32.2. The SMILES string of the molecule is COC(=O)c1cc(COC=O)cc(-n2nc(C(C)(C)C)c(N=Nc3nnc(SCCSc4nnc(N=Nc5c(C(C)(C)C)nn(-c6cc(COC=O)cc(C(=O)OC)c6)c5N)s4)s3)c2N)c1. The van der Waals surface area contributed by atoms with Gasteiger partial charge in [0.25, 0.3) is 23.2 Å². The minimum Gasteiger partial charge on any atom is -0.465 e. The Morgan fingerprint density at radius 1 is 0.636 bits per heavy atom. The molecule has 0 unspecified atom stereocenters. The van der Waals surface area contributed by atoms with Gasteiger partial charge in [0.2, 0.25) is 0 Å². The van der Waals surface area contributed by atoms with Crippen molar-refractivity contribution in [1.82, 2.24) is 40.0 Å². The van der Waals surface area contributed by atoms with Crippen LogP contribution in [0.25, 0.3) is 11.4 Å². The number of thioether (sulfide) groups is 2. The second-order valence-corrected chi connectivity index (χ2v) is 20.5. The van der Waals surface area contributed by atoms with Gasteiger partial charge in [-0.3, -0.25) is 9.59 Å². The van der Waals surface area contributed by atoms with Gasteiger partial charge in [0.1, 0.15) is 13.2 Å². The van der Waals surface area contributed by atoms with Crippen LogP contribution in [0.3, 0.4) is 0 Å². The Kier molecular flexibility index (Phi) is 15.6. The molecule has 0 aliphatic rings. The number of esters is 2. The molecule has 0 radical (unpaired) electrons. The van der Waals surface area contributed by atoms with Gasteiger partial charge in [-0.15, -0.1) is 40.9 Å². The number of aromatic nitrogens is 8. The number of nitrogen functional groups attached to an aromatic ring is 2. The normalized spacial score (nSPS) is 11.9. The first-order chi connectivity index (χ1) is 31.4. The summed E-state index contributed by atoms with van der Waals surface area (Å²) in [5.41, 5.74) is 16.3. The number of azo groups is 2. The highest BCUT2D eigenvalue weighted by Gasteiger charge is 2.29. The van der Waals surface area contributed by atoms with Crippen LogP contribution in [-0.2, 0) is 52.6 Å². The second kappa shape index (κ2) is 21.1. The van der Waals surface area contributed by atoms with Crippen molar-refractivity contribution in [2.24, 2.45) is 20.5 Å². The predicted molar refractivity (Wildman–Crippen MR) is 247 cm³/mol. The number of methoxy groups -OCH3 is 2. The third-order valence-corrected chi connectivity index (χ3v) is 13.1. The van der Waals surface area contributed by atoms with Crippen molar-refractivity contribution >= 4 is 104 Å².